The molecule has 2 aromatic carbocycles. The second kappa shape index (κ2) is 6.72. The summed E-state index contributed by atoms with van der Waals surface area (Å²) in [6.07, 6.45) is 0.385. The number of thiazole rings is 1. The lowest BCUT2D eigenvalue weighted by molar-refractivity contribution is -0.115. The number of aromatic nitrogens is 1. The third-order valence-electron chi connectivity index (χ3n) is 4.36. The molecule has 0 unspecified atom stereocenters. The maximum absolute atomic E-state index is 12.5. The number of amides is 2. The molecule has 3 aromatic rings. The van der Waals surface area contributed by atoms with Gasteiger partial charge >= 0.3 is 0 Å². The van der Waals surface area contributed by atoms with Crippen LogP contribution in [0, 0.1) is 0 Å². The van der Waals surface area contributed by atoms with Crippen LogP contribution in [0.2, 0.25) is 0 Å². The molecule has 1 aliphatic heterocycles. The van der Waals surface area contributed by atoms with Gasteiger partial charge in [0.15, 0.2) is 0 Å². The Morgan fingerprint density at radius 1 is 1.23 bits per heavy atom. The van der Waals surface area contributed by atoms with E-state index in [4.69, 9.17) is 0 Å². The van der Waals surface area contributed by atoms with Crippen molar-refractivity contribution in [3.8, 4) is 10.6 Å². The molecule has 0 saturated heterocycles. The number of nitrogens with one attached hydrogen (secondary N) is 2. The predicted octanol–water partition coefficient (Wildman–Crippen LogP) is 3.80. The Hall–Kier alpha value is -2.99. The lowest BCUT2D eigenvalue weighted by Crippen LogP contribution is -2.27. The van der Waals surface area contributed by atoms with Gasteiger partial charge in [0.05, 0.1) is 12.5 Å². The summed E-state index contributed by atoms with van der Waals surface area (Å²) >= 11 is 1.45. The van der Waals surface area contributed by atoms with Crippen LogP contribution in [0.4, 0.5) is 5.69 Å². The standard InChI is InChI=1S/C20H17N3O2S/c1-12(14-7-8-16-15(9-14)10-18(24)22-16)21-19(25)17-11-26-20(23-17)13-5-3-2-4-6-13/h2-9,11-12H,10H2,1H3,(H,21,25)(H,22,24)/t12-/m0/s1. The van der Waals surface area contributed by atoms with Gasteiger partial charge in [0.2, 0.25) is 5.91 Å². The normalized spacial score (nSPS) is 13.8. The number of anilines is 1. The summed E-state index contributed by atoms with van der Waals surface area (Å²) in [6, 6.07) is 15.4. The zero-order valence-electron chi connectivity index (χ0n) is 14.2. The third-order valence-corrected chi connectivity index (χ3v) is 5.25. The van der Waals surface area contributed by atoms with Crippen LogP contribution in [-0.4, -0.2) is 16.8 Å². The molecule has 0 spiro atoms. The summed E-state index contributed by atoms with van der Waals surface area (Å²) in [5.41, 5.74) is 4.20. The van der Waals surface area contributed by atoms with E-state index in [0.29, 0.717) is 12.1 Å². The van der Waals surface area contributed by atoms with Gasteiger partial charge in [0.1, 0.15) is 10.7 Å². The summed E-state index contributed by atoms with van der Waals surface area (Å²) in [6.45, 7) is 1.92. The summed E-state index contributed by atoms with van der Waals surface area (Å²) < 4.78 is 0. The summed E-state index contributed by atoms with van der Waals surface area (Å²) in [4.78, 5) is 28.4. The van der Waals surface area contributed by atoms with E-state index in [2.05, 4.69) is 15.6 Å². The monoisotopic (exact) mass is 363 g/mol. The van der Waals surface area contributed by atoms with E-state index in [1.54, 1.807) is 5.38 Å². The first-order valence-electron chi connectivity index (χ1n) is 8.34. The maximum atomic E-state index is 12.5. The third kappa shape index (κ3) is 3.23. The van der Waals surface area contributed by atoms with E-state index >= 15 is 0 Å². The zero-order chi connectivity index (χ0) is 18.1. The topological polar surface area (TPSA) is 71.1 Å². The second-order valence-electron chi connectivity index (χ2n) is 6.24. The number of carbonyl (C=O) groups excluding carboxylic acids is 2. The van der Waals surface area contributed by atoms with Crippen molar-refractivity contribution in [2.45, 2.75) is 19.4 Å². The highest BCUT2D eigenvalue weighted by atomic mass is 32.1. The molecule has 0 radical (unpaired) electrons. The summed E-state index contributed by atoms with van der Waals surface area (Å²) in [7, 11) is 0. The fraction of sp³-hybridized carbons (Fsp3) is 0.150. The van der Waals surface area contributed by atoms with Crippen molar-refractivity contribution in [2.24, 2.45) is 0 Å². The van der Waals surface area contributed by atoms with Crippen LogP contribution in [0.5, 0.6) is 0 Å². The van der Waals surface area contributed by atoms with Crippen LogP contribution in [0.1, 0.15) is 34.6 Å². The van der Waals surface area contributed by atoms with E-state index in [1.807, 2.05) is 55.5 Å². The van der Waals surface area contributed by atoms with Gasteiger partial charge in [0, 0.05) is 16.6 Å². The predicted molar refractivity (Wildman–Crippen MR) is 102 cm³/mol. The number of hydrogen-bond donors (Lipinski definition) is 2. The van der Waals surface area contributed by atoms with Crippen molar-refractivity contribution in [2.75, 3.05) is 5.32 Å². The molecule has 0 bridgehead atoms. The Morgan fingerprint density at radius 2 is 2.04 bits per heavy atom. The first kappa shape index (κ1) is 16.5. The van der Waals surface area contributed by atoms with Crippen LogP contribution in [-0.2, 0) is 11.2 Å². The maximum Gasteiger partial charge on any atom is 0.271 e. The van der Waals surface area contributed by atoms with Crippen molar-refractivity contribution >= 4 is 28.8 Å². The molecule has 0 aliphatic carbocycles. The fourth-order valence-corrected chi connectivity index (χ4v) is 3.77. The van der Waals surface area contributed by atoms with Gasteiger partial charge in [-0.3, -0.25) is 9.59 Å². The molecule has 2 heterocycles. The Labute approximate surface area is 155 Å². The van der Waals surface area contributed by atoms with Crippen molar-refractivity contribution < 1.29 is 9.59 Å². The van der Waals surface area contributed by atoms with Gasteiger partial charge in [-0.1, -0.05) is 42.5 Å². The Balaban J connectivity index is 1.48. The molecule has 1 aromatic heterocycles. The van der Waals surface area contributed by atoms with E-state index in [9.17, 15) is 9.59 Å². The van der Waals surface area contributed by atoms with Gasteiger partial charge in [0.25, 0.3) is 5.91 Å². The molecule has 4 rings (SSSR count). The van der Waals surface area contributed by atoms with E-state index in [1.165, 1.54) is 11.3 Å². The molecule has 5 nitrogen and oxygen atoms in total. The van der Waals surface area contributed by atoms with Gasteiger partial charge in [-0.05, 0) is 24.1 Å². The van der Waals surface area contributed by atoms with Crippen LogP contribution >= 0.6 is 11.3 Å². The van der Waals surface area contributed by atoms with Crippen LogP contribution < -0.4 is 10.6 Å². The van der Waals surface area contributed by atoms with Gasteiger partial charge < -0.3 is 10.6 Å². The molecule has 6 heteroatoms. The first-order chi connectivity index (χ1) is 12.6. The van der Waals surface area contributed by atoms with Crippen molar-refractivity contribution in [1.29, 1.82) is 0 Å². The smallest absolute Gasteiger partial charge is 0.271 e. The van der Waals surface area contributed by atoms with Crippen molar-refractivity contribution in [1.82, 2.24) is 10.3 Å². The minimum Gasteiger partial charge on any atom is -0.344 e. The van der Waals surface area contributed by atoms with Crippen LogP contribution in [0.15, 0.2) is 53.9 Å². The largest absolute Gasteiger partial charge is 0.344 e. The number of benzene rings is 2. The number of carbonyl (C=O) groups is 2. The Bertz CT molecular complexity index is 982. The molecule has 0 fully saturated rings. The molecular formula is C20H17N3O2S. The first-order valence-corrected chi connectivity index (χ1v) is 9.22. The Kier molecular flexibility index (Phi) is 4.26. The lowest BCUT2D eigenvalue weighted by atomic mass is 10.0. The molecule has 1 aliphatic rings. The molecule has 2 N–H and O–H groups in total. The highest BCUT2D eigenvalue weighted by Crippen LogP contribution is 2.27. The Morgan fingerprint density at radius 3 is 2.85 bits per heavy atom. The number of nitrogens with zero attached hydrogens (tertiary/aromatic N) is 1. The highest BCUT2D eigenvalue weighted by molar-refractivity contribution is 7.13. The molecule has 0 saturated carbocycles. The SMILES string of the molecule is C[C@H](NC(=O)c1csc(-c2ccccc2)n1)c1ccc2c(c1)CC(=O)N2. The second-order valence-corrected chi connectivity index (χ2v) is 7.10. The molecular weight excluding hydrogens is 346 g/mol. The number of fused-ring (bicyclic) bond motifs is 1. The van der Waals surface area contributed by atoms with Gasteiger partial charge in [-0.2, -0.15) is 0 Å². The van der Waals surface area contributed by atoms with Crippen LogP contribution in [0.25, 0.3) is 10.6 Å². The zero-order valence-corrected chi connectivity index (χ0v) is 15.0. The molecule has 26 heavy (non-hydrogen) atoms. The van der Waals surface area contributed by atoms with Crippen LogP contribution in [0.3, 0.4) is 0 Å². The minimum absolute atomic E-state index is 0.00440. The molecule has 2 amide bonds. The summed E-state index contributed by atoms with van der Waals surface area (Å²) in [5.74, 6) is -0.199. The van der Waals surface area contributed by atoms with E-state index in [-0.39, 0.29) is 17.9 Å². The van der Waals surface area contributed by atoms with Crippen molar-refractivity contribution in [3.63, 3.8) is 0 Å². The molecule has 130 valence electrons. The minimum atomic E-state index is -0.203. The van der Waals surface area contributed by atoms with Gasteiger partial charge in [-0.15, -0.1) is 11.3 Å². The van der Waals surface area contributed by atoms with E-state index < -0.39 is 0 Å². The fourth-order valence-electron chi connectivity index (χ4n) is 2.96. The van der Waals surface area contributed by atoms with E-state index in [0.717, 1.165) is 27.4 Å². The quantitative estimate of drug-likeness (QED) is 0.741. The average molecular weight is 363 g/mol. The summed E-state index contributed by atoms with van der Waals surface area (Å²) in [5, 5.41) is 8.39. The highest BCUT2D eigenvalue weighted by Gasteiger charge is 2.20. The number of hydrogen-bond acceptors (Lipinski definition) is 4. The lowest BCUT2D eigenvalue weighted by Gasteiger charge is -2.14. The molecule has 1 atom stereocenters. The van der Waals surface area contributed by atoms with Crippen molar-refractivity contribution in [3.05, 3.63) is 70.7 Å². The van der Waals surface area contributed by atoms with Gasteiger partial charge in [-0.25, -0.2) is 4.98 Å². The number of rotatable bonds is 4. The average Bonchev–Trinajstić information content (AvgIpc) is 3.27.